The van der Waals surface area contributed by atoms with E-state index in [0.29, 0.717) is 0 Å². The van der Waals surface area contributed by atoms with E-state index >= 15 is 0 Å². The van der Waals surface area contributed by atoms with Crippen molar-refractivity contribution in [3.8, 4) is 11.1 Å². The number of benzene rings is 11. The van der Waals surface area contributed by atoms with Crippen LogP contribution in [0.3, 0.4) is 0 Å². The number of aryl methyl sites for hydroxylation is 3. The highest BCUT2D eigenvalue weighted by Crippen LogP contribution is 2.58. The molecule has 0 saturated carbocycles. The lowest BCUT2D eigenvalue weighted by atomic mass is 9.67. The van der Waals surface area contributed by atoms with E-state index in [2.05, 4.69) is 280 Å². The van der Waals surface area contributed by atoms with Crippen LogP contribution in [-0.2, 0) is 18.3 Å². The molecule has 0 N–H and O–H groups in total. The molecular weight excluding hydrogens is 893 g/mol. The summed E-state index contributed by atoms with van der Waals surface area (Å²) in [5.41, 5.74) is 21.5. The Labute approximate surface area is 435 Å². The average Bonchev–Trinajstić information content (AvgIpc) is 3.76. The van der Waals surface area contributed by atoms with Crippen molar-refractivity contribution >= 4 is 72.9 Å². The molecule has 2 heteroatoms. The maximum atomic E-state index is 4.20. The van der Waals surface area contributed by atoms with Gasteiger partial charge in [-0.1, -0.05) is 207 Å². The second-order valence-corrected chi connectivity index (χ2v) is 20.0. The van der Waals surface area contributed by atoms with Gasteiger partial charge in [-0.05, 0) is 176 Å². The van der Waals surface area contributed by atoms with Crippen LogP contribution in [0.5, 0.6) is 0 Å². The maximum Gasteiger partial charge on any atom is 0.0714 e. The van der Waals surface area contributed by atoms with E-state index in [1.807, 2.05) is 6.08 Å². The van der Waals surface area contributed by atoms with Crippen molar-refractivity contribution in [2.75, 3.05) is 9.80 Å². The molecule has 0 atom stereocenters. The van der Waals surface area contributed by atoms with Crippen LogP contribution in [0.1, 0.15) is 63.9 Å². The minimum Gasteiger partial charge on any atom is -0.310 e. The van der Waals surface area contributed by atoms with Crippen molar-refractivity contribution < 1.29 is 0 Å². The van der Waals surface area contributed by atoms with E-state index in [4.69, 9.17) is 0 Å². The zero-order chi connectivity index (χ0) is 49.9. The molecule has 13 rings (SSSR count). The average molecular weight is 949 g/mol. The summed E-state index contributed by atoms with van der Waals surface area (Å²) in [6.45, 7) is 10.6. The van der Waals surface area contributed by atoms with Crippen LogP contribution in [0, 0.1) is 6.92 Å². The third-order valence-electron chi connectivity index (χ3n) is 15.9. The molecule has 1 aliphatic heterocycles. The first-order valence-corrected chi connectivity index (χ1v) is 26.0. The Hall–Kier alpha value is -8.98. The summed E-state index contributed by atoms with van der Waals surface area (Å²) < 4.78 is 0. The number of hydrogen-bond donors (Lipinski definition) is 0. The molecule has 354 valence electrons. The largest absolute Gasteiger partial charge is 0.310 e. The minimum atomic E-state index is -0.582. The van der Waals surface area contributed by atoms with Crippen LogP contribution in [0.4, 0.5) is 28.4 Å². The zero-order valence-electron chi connectivity index (χ0n) is 42.2. The normalized spacial score (nSPS) is 14.0. The Morgan fingerprint density at radius 3 is 1.77 bits per heavy atom. The van der Waals surface area contributed by atoms with Gasteiger partial charge in [0.25, 0.3) is 0 Å². The van der Waals surface area contributed by atoms with Crippen molar-refractivity contribution in [1.29, 1.82) is 0 Å². The molecule has 11 aromatic carbocycles. The maximum absolute atomic E-state index is 4.20. The molecule has 74 heavy (non-hydrogen) atoms. The van der Waals surface area contributed by atoms with E-state index in [9.17, 15) is 0 Å². The van der Waals surface area contributed by atoms with Crippen LogP contribution in [0.15, 0.2) is 254 Å². The summed E-state index contributed by atoms with van der Waals surface area (Å²) in [5, 5.41) is 7.48. The predicted octanol–water partition coefficient (Wildman–Crippen LogP) is 19.2. The Balaban J connectivity index is 0.970. The van der Waals surface area contributed by atoms with E-state index in [1.165, 1.54) is 105 Å². The number of para-hydroxylation sites is 3. The van der Waals surface area contributed by atoms with Gasteiger partial charge in [-0.15, -0.1) is 0 Å². The SMILES string of the molecule is C=C/C(C)=C(\C=C/C)N(c1ccccc1C)c1ccc2ccc3c(/C=C/c4ccc5c(c4)C(c4ccccc4)(c4ccccc4)c4cc(N6c7ccccc7CCc7ccccc76)ccc4-5)ccc4ccc1c2c43. The molecule has 0 radical (unpaired) electrons. The van der Waals surface area contributed by atoms with Crippen molar-refractivity contribution in [3.63, 3.8) is 0 Å². The molecule has 2 aliphatic rings. The number of anilines is 5. The second-order valence-electron chi connectivity index (χ2n) is 20.0. The number of allylic oxidation sites excluding steroid dienone is 4. The Morgan fingerprint density at radius 1 is 0.541 bits per heavy atom. The van der Waals surface area contributed by atoms with Gasteiger partial charge in [-0.3, -0.25) is 0 Å². The third-order valence-corrected chi connectivity index (χ3v) is 15.9. The summed E-state index contributed by atoms with van der Waals surface area (Å²) in [7, 11) is 0. The summed E-state index contributed by atoms with van der Waals surface area (Å²) in [5.74, 6) is 0. The molecule has 2 nitrogen and oxygen atoms in total. The van der Waals surface area contributed by atoms with Crippen LogP contribution >= 0.6 is 0 Å². The van der Waals surface area contributed by atoms with Gasteiger partial charge < -0.3 is 9.80 Å². The molecule has 0 spiro atoms. The van der Waals surface area contributed by atoms with E-state index in [-0.39, 0.29) is 0 Å². The van der Waals surface area contributed by atoms with Gasteiger partial charge in [0, 0.05) is 33.8 Å². The first kappa shape index (κ1) is 44.9. The summed E-state index contributed by atoms with van der Waals surface area (Å²) in [6.07, 6.45) is 12.9. The number of rotatable bonds is 10. The van der Waals surface area contributed by atoms with Crippen LogP contribution in [-0.4, -0.2) is 0 Å². The predicted molar refractivity (Wildman–Crippen MR) is 316 cm³/mol. The van der Waals surface area contributed by atoms with Crippen molar-refractivity contribution in [2.45, 2.75) is 39.0 Å². The van der Waals surface area contributed by atoms with Gasteiger partial charge in [0.05, 0.1) is 11.1 Å². The molecule has 0 fully saturated rings. The van der Waals surface area contributed by atoms with Gasteiger partial charge in [0.1, 0.15) is 0 Å². The molecule has 0 unspecified atom stereocenters. The van der Waals surface area contributed by atoms with E-state index < -0.39 is 5.41 Å². The van der Waals surface area contributed by atoms with Gasteiger partial charge in [0.2, 0.25) is 0 Å². The molecule has 11 aromatic rings. The van der Waals surface area contributed by atoms with Gasteiger partial charge in [-0.2, -0.15) is 0 Å². The molecule has 0 amide bonds. The van der Waals surface area contributed by atoms with Crippen LogP contribution < -0.4 is 9.80 Å². The fourth-order valence-corrected chi connectivity index (χ4v) is 12.5. The lowest BCUT2D eigenvalue weighted by molar-refractivity contribution is 0.768. The molecule has 1 heterocycles. The lowest BCUT2D eigenvalue weighted by Crippen LogP contribution is -2.29. The van der Waals surface area contributed by atoms with Crippen LogP contribution in [0.2, 0.25) is 0 Å². The first-order valence-electron chi connectivity index (χ1n) is 26.0. The van der Waals surface area contributed by atoms with Crippen LogP contribution in [0.25, 0.3) is 55.6 Å². The molecular formula is C72H56N2. The van der Waals surface area contributed by atoms with Crippen molar-refractivity contribution in [1.82, 2.24) is 0 Å². The van der Waals surface area contributed by atoms with Gasteiger partial charge in [-0.25, -0.2) is 0 Å². The molecule has 0 saturated heterocycles. The quantitative estimate of drug-likeness (QED) is 0.0766. The fraction of sp³-hybridized carbons (Fsp3) is 0.0833. The van der Waals surface area contributed by atoms with Gasteiger partial charge >= 0.3 is 0 Å². The second kappa shape index (κ2) is 18.3. The Bertz CT molecular complexity index is 3990. The Kier molecular flexibility index (Phi) is 11.1. The number of hydrogen-bond acceptors (Lipinski definition) is 2. The highest BCUT2D eigenvalue weighted by atomic mass is 15.2. The van der Waals surface area contributed by atoms with Crippen molar-refractivity contribution in [2.24, 2.45) is 0 Å². The zero-order valence-corrected chi connectivity index (χ0v) is 42.2. The number of nitrogens with zero attached hydrogens (tertiary/aromatic N) is 2. The van der Waals surface area contributed by atoms with E-state index in [0.717, 1.165) is 41.1 Å². The first-order chi connectivity index (χ1) is 36.5. The Morgan fingerprint density at radius 2 is 1.11 bits per heavy atom. The summed E-state index contributed by atoms with van der Waals surface area (Å²) in [6, 6.07) is 81.8. The monoisotopic (exact) mass is 948 g/mol. The highest BCUT2D eigenvalue weighted by Gasteiger charge is 2.46. The highest BCUT2D eigenvalue weighted by molar-refractivity contribution is 6.27. The standard InChI is InChI=1S/C72H56N2/c1-5-19-65(48(3)6-2)74(66-27-16-13-20-49(66)4)69-45-39-55-37-42-59-51(33-36-54-38-43-62(69)71(55)70(54)59)32-30-50-31-41-60-61-44-40-58(73-67-28-17-14-21-52(67)34-35-53-22-15-18-29-68(53)73)47-64(61)72(63(60)46-50,56-23-9-7-10-24-56)57-25-11-8-12-26-57/h5-33,36-47H,2,34-35H2,1,3-4H3/b19-5-,32-30+,65-48+. The smallest absolute Gasteiger partial charge is 0.0714 e. The summed E-state index contributed by atoms with van der Waals surface area (Å²) in [4.78, 5) is 4.93. The van der Waals surface area contributed by atoms with Gasteiger partial charge in [0.15, 0.2) is 0 Å². The summed E-state index contributed by atoms with van der Waals surface area (Å²) >= 11 is 0. The van der Waals surface area contributed by atoms with E-state index in [1.54, 1.807) is 0 Å². The molecule has 1 aliphatic carbocycles. The minimum absolute atomic E-state index is 0.582. The topological polar surface area (TPSA) is 6.48 Å². The lowest BCUT2D eigenvalue weighted by Gasteiger charge is -2.35. The molecule has 0 aromatic heterocycles. The van der Waals surface area contributed by atoms with Crippen molar-refractivity contribution in [3.05, 3.63) is 305 Å². The molecule has 0 bridgehead atoms. The number of fused-ring (bicyclic) bond motifs is 5. The third kappa shape index (κ3) is 7.08. The fourth-order valence-electron chi connectivity index (χ4n) is 12.5.